The topological polar surface area (TPSA) is 47.6 Å². The van der Waals surface area contributed by atoms with Gasteiger partial charge in [-0.3, -0.25) is 4.79 Å². The molecule has 0 aromatic heterocycles. The lowest BCUT2D eigenvalue weighted by Crippen LogP contribution is -2.42. The first-order valence-electron chi connectivity index (χ1n) is 9.60. The lowest BCUT2D eigenvalue weighted by molar-refractivity contribution is -0.123. The van der Waals surface area contributed by atoms with E-state index in [4.69, 9.17) is 0 Å². The van der Waals surface area contributed by atoms with Gasteiger partial charge in [0.2, 0.25) is 5.91 Å². The minimum Gasteiger partial charge on any atom is -0.371 e. The molecule has 0 radical (unpaired) electrons. The van der Waals surface area contributed by atoms with E-state index in [9.17, 15) is 4.79 Å². The van der Waals surface area contributed by atoms with Crippen molar-refractivity contribution in [3.63, 3.8) is 0 Å². The zero-order valence-electron chi connectivity index (χ0n) is 15.6. The van der Waals surface area contributed by atoms with E-state index >= 15 is 0 Å². The number of benzene rings is 1. The number of nitrogens with zero attached hydrogens (tertiary/aromatic N) is 2. The van der Waals surface area contributed by atoms with Crippen molar-refractivity contribution in [3.8, 4) is 0 Å². The average Bonchev–Trinajstić information content (AvgIpc) is 2.62. The van der Waals surface area contributed by atoms with Gasteiger partial charge in [0.05, 0.1) is 0 Å². The van der Waals surface area contributed by atoms with Crippen LogP contribution >= 0.6 is 0 Å². The number of piperidine rings is 2. The highest BCUT2D eigenvalue weighted by Gasteiger charge is 2.22. The van der Waals surface area contributed by atoms with Gasteiger partial charge >= 0.3 is 0 Å². The standard InChI is InChI=1S/C20H32N4O/c1-23-11-8-18(9-12-23)24(2)19-6-4-3-5-17(19)15-21-14-16-7-10-22-20(25)13-16/h3-6,16,18,21H,7-15H2,1-2H3,(H,22,25). The molecule has 0 bridgehead atoms. The summed E-state index contributed by atoms with van der Waals surface area (Å²) in [5.74, 6) is 0.660. The van der Waals surface area contributed by atoms with E-state index in [2.05, 4.69) is 58.8 Å². The molecule has 2 aliphatic rings. The van der Waals surface area contributed by atoms with E-state index in [1.165, 1.54) is 37.2 Å². The summed E-state index contributed by atoms with van der Waals surface area (Å²) in [6.07, 6.45) is 4.19. The van der Waals surface area contributed by atoms with E-state index in [1.54, 1.807) is 0 Å². The Morgan fingerprint density at radius 1 is 1.24 bits per heavy atom. The number of hydrogen-bond donors (Lipinski definition) is 2. The highest BCUT2D eigenvalue weighted by molar-refractivity contribution is 5.76. The number of nitrogens with one attached hydrogen (secondary N) is 2. The molecule has 25 heavy (non-hydrogen) atoms. The molecule has 0 saturated carbocycles. The zero-order chi connectivity index (χ0) is 17.6. The number of likely N-dealkylation sites (tertiary alicyclic amines) is 1. The first-order valence-corrected chi connectivity index (χ1v) is 9.60. The monoisotopic (exact) mass is 344 g/mol. The van der Waals surface area contributed by atoms with E-state index in [0.717, 1.165) is 26.1 Å². The number of hydrogen-bond acceptors (Lipinski definition) is 4. The van der Waals surface area contributed by atoms with Crippen molar-refractivity contribution in [2.24, 2.45) is 5.92 Å². The summed E-state index contributed by atoms with van der Waals surface area (Å²) in [6.45, 7) is 4.96. The first-order chi connectivity index (χ1) is 12.1. The fraction of sp³-hybridized carbons (Fsp3) is 0.650. The Balaban J connectivity index is 1.56. The van der Waals surface area contributed by atoms with E-state index in [-0.39, 0.29) is 5.91 Å². The second-order valence-corrected chi connectivity index (χ2v) is 7.61. The number of rotatable bonds is 6. The minimum atomic E-state index is 0.195. The number of carbonyl (C=O) groups is 1. The van der Waals surface area contributed by atoms with Gasteiger partial charge in [0.15, 0.2) is 0 Å². The number of anilines is 1. The second-order valence-electron chi connectivity index (χ2n) is 7.61. The van der Waals surface area contributed by atoms with Crippen LogP contribution in [0.5, 0.6) is 0 Å². The lowest BCUT2D eigenvalue weighted by atomic mass is 9.97. The van der Waals surface area contributed by atoms with Gasteiger partial charge in [-0.1, -0.05) is 18.2 Å². The predicted molar refractivity (Wildman–Crippen MR) is 103 cm³/mol. The molecule has 1 aromatic carbocycles. The molecule has 1 unspecified atom stereocenters. The molecule has 1 amide bonds. The molecule has 2 fully saturated rings. The summed E-state index contributed by atoms with van der Waals surface area (Å²) in [5, 5.41) is 6.49. The summed E-state index contributed by atoms with van der Waals surface area (Å²) in [6, 6.07) is 9.34. The van der Waals surface area contributed by atoms with Crippen molar-refractivity contribution in [1.29, 1.82) is 0 Å². The van der Waals surface area contributed by atoms with Crippen LogP contribution in [0.4, 0.5) is 5.69 Å². The maximum absolute atomic E-state index is 11.5. The highest BCUT2D eigenvalue weighted by atomic mass is 16.1. The van der Waals surface area contributed by atoms with Gasteiger partial charge in [0, 0.05) is 38.3 Å². The lowest BCUT2D eigenvalue weighted by Gasteiger charge is -2.37. The third-order valence-electron chi connectivity index (χ3n) is 5.70. The van der Waals surface area contributed by atoms with Crippen LogP contribution < -0.4 is 15.5 Å². The molecule has 5 nitrogen and oxygen atoms in total. The van der Waals surface area contributed by atoms with Gasteiger partial charge in [-0.2, -0.15) is 0 Å². The number of carbonyl (C=O) groups excluding carboxylic acids is 1. The van der Waals surface area contributed by atoms with Crippen molar-refractivity contribution < 1.29 is 4.79 Å². The van der Waals surface area contributed by atoms with Crippen molar-refractivity contribution in [2.75, 3.05) is 45.2 Å². The molecule has 1 aromatic rings. The summed E-state index contributed by atoms with van der Waals surface area (Å²) in [4.78, 5) is 16.4. The van der Waals surface area contributed by atoms with Gasteiger partial charge in [-0.25, -0.2) is 0 Å². The molecule has 5 heteroatoms. The quantitative estimate of drug-likeness (QED) is 0.827. The smallest absolute Gasteiger partial charge is 0.220 e. The van der Waals surface area contributed by atoms with Crippen LogP contribution in [0.2, 0.25) is 0 Å². The molecular formula is C20H32N4O. The van der Waals surface area contributed by atoms with Gasteiger partial charge in [-0.15, -0.1) is 0 Å². The molecule has 0 aliphatic carbocycles. The Morgan fingerprint density at radius 3 is 2.76 bits per heavy atom. The summed E-state index contributed by atoms with van der Waals surface area (Å²) in [7, 11) is 4.44. The van der Waals surface area contributed by atoms with Crippen molar-refractivity contribution in [3.05, 3.63) is 29.8 Å². The molecule has 2 saturated heterocycles. The van der Waals surface area contributed by atoms with Gasteiger partial charge < -0.3 is 20.4 Å². The zero-order valence-corrected chi connectivity index (χ0v) is 15.6. The summed E-state index contributed by atoms with van der Waals surface area (Å²) < 4.78 is 0. The fourth-order valence-corrected chi connectivity index (χ4v) is 4.02. The molecule has 138 valence electrons. The maximum atomic E-state index is 11.5. The number of para-hydroxylation sites is 1. The predicted octanol–water partition coefficient (Wildman–Crippen LogP) is 1.83. The van der Waals surface area contributed by atoms with Crippen LogP contribution in [0.25, 0.3) is 0 Å². The highest BCUT2D eigenvalue weighted by Crippen LogP contribution is 2.25. The Kier molecular flexibility index (Phi) is 6.32. The van der Waals surface area contributed by atoms with Crippen LogP contribution in [-0.4, -0.2) is 57.1 Å². The van der Waals surface area contributed by atoms with Crippen LogP contribution in [-0.2, 0) is 11.3 Å². The van der Waals surface area contributed by atoms with Crippen LogP contribution in [0.1, 0.15) is 31.2 Å². The van der Waals surface area contributed by atoms with Crippen LogP contribution in [0, 0.1) is 5.92 Å². The number of amides is 1. The van der Waals surface area contributed by atoms with E-state index < -0.39 is 0 Å². The molecule has 2 aliphatic heterocycles. The normalized spacial score (nSPS) is 22.6. The second kappa shape index (κ2) is 8.68. The minimum absolute atomic E-state index is 0.195. The van der Waals surface area contributed by atoms with Crippen molar-refractivity contribution in [1.82, 2.24) is 15.5 Å². The third kappa shape index (κ3) is 4.95. The van der Waals surface area contributed by atoms with Gasteiger partial charge in [-0.05, 0) is 63.5 Å². The molecule has 1 atom stereocenters. The SMILES string of the molecule is CN1CCC(N(C)c2ccccc2CNCC2CCNC(=O)C2)CC1. The van der Waals surface area contributed by atoms with E-state index in [1.807, 2.05) is 0 Å². The summed E-state index contributed by atoms with van der Waals surface area (Å²) in [5.41, 5.74) is 2.69. The Morgan fingerprint density at radius 2 is 2.00 bits per heavy atom. The Labute approximate surface area is 151 Å². The Bertz CT molecular complexity index is 569. The van der Waals surface area contributed by atoms with Gasteiger partial charge in [0.25, 0.3) is 0 Å². The molecule has 2 heterocycles. The largest absolute Gasteiger partial charge is 0.371 e. The Hall–Kier alpha value is -1.59. The van der Waals surface area contributed by atoms with Crippen molar-refractivity contribution >= 4 is 11.6 Å². The molecule has 0 spiro atoms. The van der Waals surface area contributed by atoms with Crippen molar-refractivity contribution in [2.45, 2.75) is 38.3 Å². The molecular weight excluding hydrogens is 312 g/mol. The van der Waals surface area contributed by atoms with Crippen LogP contribution in [0.15, 0.2) is 24.3 Å². The maximum Gasteiger partial charge on any atom is 0.220 e. The van der Waals surface area contributed by atoms with E-state index in [0.29, 0.717) is 18.4 Å². The molecule has 3 rings (SSSR count). The van der Waals surface area contributed by atoms with Crippen LogP contribution in [0.3, 0.4) is 0 Å². The first kappa shape index (κ1) is 18.2. The third-order valence-corrected chi connectivity index (χ3v) is 5.70. The average molecular weight is 345 g/mol. The fourth-order valence-electron chi connectivity index (χ4n) is 4.02. The summed E-state index contributed by atoms with van der Waals surface area (Å²) >= 11 is 0. The van der Waals surface area contributed by atoms with Gasteiger partial charge in [0.1, 0.15) is 0 Å². The molecule has 2 N–H and O–H groups in total.